The van der Waals surface area contributed by atoms with Crippen LogP contribution in [0.15, 0.2) is 12.4 Å². The summed E-state index contributed by atoms with van der Waals surface area (Å²) in [5.74, 6) is 3.24. The number of hydrogen-bond donors (Lipinski definition) is 1. The molecule has 2 N–H and O–H groups in total. The van der Waals surface area contributed by atoms with Crippen LogP contribution in [0.2, 0.25) is 0 Å². The van der Waals surface area contributed by atoms with Crippen molar-refractivity contribution in [2.45, 2.75) is 12.5 Å². The molecule has 0 bridgehead atoms. The van der Waals surface area contributed by atoms with E-state index >= 15 is 0 Å². The molecule has 0 spiro atoms. The molecule has 4 nitrogen and oxygen atoms in total. The molecule has 1 aromatic rings. The average molecular weight is 238 g/mol. The predicted octanol–water partition coefficient (Wildman–Crippen LogP) is 0.697. The van der Waals surface area contributed by atoms with Crippen LogP contribution in [-0.4, -0.2) is 46.5 Å². The molecule has 1 fully saturated rings. The third-order valence-electron chi connectivity index (χ3n) is 2.85. The monoisotopic (exact) mass is 238 g/mol. The number of hydrogen-bond acceptors (Lipinski definition) is 5. The summed E-state index contributed by atoms with van der Waals surface area (Å²) in [6, 6.07) is 0.366. The van der Waals surface area contributed by atoms with Gasteiger partial charge in [0.2, 0.25) is 0 Å². The van der Waals surface area contributed by atoms with Crippen LogP contribution in [0, 0.1) is 0 Å². The highest BCUT2D eigenvalue weighted by molar-refractivity contribution is 7.99. The number of nitrogens with two attached hydrogens (primary N) is 1. The van der Waals surface area contributed by atoms with E-state index < -0.39 is 0 Å². The molecule has 0 saturated carbocycles. The lowest BCUT2D eigenvalue weighted by molar-refractivity contribution is 0.264. The van der Waals surface area contributed by atoms with Gasteiger partial charge in [-0.25, -0.2) is 9.97 Å². The smallest absolute Gasteiger partial charge is 0.146 e. The Kier molecular flexibility index (Phi) is 4.15. The summed E-state index contributed by atoms with van der Waals surface area (Å²) >= 11 is 1.97. The standard InChI is InChI=1S/C11H18N4S/c1-15-4-5-16-8-10(15)11-13-6-9(2-3-12)7-14-11/h6-7,10H,2-5,8,12H2,1H3. The van der Waals surface area contributed by atoms with Crippen LogP contribution in [0.3, 0.4) is 0 Å². The van der Waals surface area contributed by atoms with Crippen molar-refractivity contribution in [1.29, 1.82) is 0 Å². The maximum absolute atomic E-state index is 5.50. The summed E-state index contributed by atoms with van der Waals surface area (Å²) < 4.78 is 0. The third-order valence-corrected chi connectivity index (χ3v) is 3.88. The van der Waals surface area contributed by atoms with E-state index in [0.29, 0.717) is 12.6 Å². The largest absolute Gasteiger partial charge is 0.330 e. The zero-order valence-electron chi connectivity index (χ0n) is 9.59. The van der Waals surface area contributed by atoms with Gasteiger partial charge in [0, 0.05) is 30.4 Å². The molecule has 1 saturated heterocycles. The Morgan fingerprint density at radius 3 is 2.88 bits per heavy atom. The van der Waals surface area contributed by atoms with Crippen molar-refractivity contribution in [3.05, 3.63) is 23.8 Å². The van der Waals surface area contributed by atoms with Crippen LogP contribution in [0.25, 0.3) is 0 Å². The van der Waals surface area contributed by atoms with Crippen LogP contribution in [0.1, 0.15) is 17.4 Å². The number of rotatable bonds is 3. The normalized spacial score (nSPS) is 22.2. The molecule has 2 heterocycles. The van der Waals surface area contributed by atoms with Gasteiger partial charge in [-0.2, -0.15) is 11.8 Å². The van der Waals surface area contributed by atoms with Crippen molar-refractivity contribution >= 4 is 11.8 Å². The Labute approximate surface area is 101 Å². The zero-order chi connectivity index (χ0) is 11.4. The van der Waals surface area contributed by atoms with E-state index in [1.54, 1.807) is 0 Å². The SMILES string of the molecule is CN1CCSCC1c1ncc(CCN)cn1. The first-order valence-electron chi connectivity index (χ1n) is 5.60. The highest BCUT2D eigenvalue weighted by Gasteiger charge is 2.23. The highest BCUT2D eigenvalue weighted by atomic mass is 32.2. The number of aromatic nitrogens is 2. The maximum atomic E-state index is 5.50. The third kappa shape index (κ3) is 2.72. The Bertz CT molecular complexity index is 327. The summed E-state index contributed by atoms with van der Waals surface area (Å²) in [4.78, 5) is 11.2. The van der Waals surface area contributed by atoms with E-state index in [1.165, 1.54) is 5.75 Å². The summed E-state index contributed by atoms with van der Waals surface area (Å²) in [6.45, 7) is 1.77. The van der Waals surface area contributed by atoms with Gasteiger partial charge >= 0.3 is 0 Å². The maximum Gasteiger partial charge on any atom is 0.146 e. The fourth-order valence-corrected chi connectivity index (χ4v) is 3.00. The Balaban J connectivity index is 2.08. The molecule has 5 heteroatoms. The van der Waals surface area contributed by atoms with Crippen molar-refractivity contribution < 1.29 is 0 Å². The van der Waals surface area contributed by atoms with E-state index in [1.807, 2.05) is 24.2 Å². The van der Waals surface area contributed by atoms with E-state index in [9.17, 15) is 0 Å². The van der Waals surface area contributed by atoms with Crippen LogP contribution in [-0.2, 0) is 6.42 Å². The molecular formula is C11H18N4S. The first-order valence-corrected chi connectivity index (χ1v) is 6.75. The van der Waals surface area contributed by atoms with Gasteiger partial charge in [0.1, 0.15) is 5.82 Å². The Morgan fingerprint density at radius 1 is 1.50 bits per heavy atom. The molecule has 88 valence electrons. The van der Waals surface area contributed by atoms with Crippen LogP contribution >= 0.6 is 11.8 Å². The lowest BCUT2D eigenvalue weighted by Gasteiger charge is -2.30. The Hall–Kier alpha value is -0.650. The predicted molar refractivity (Wildman–Crippen MR) is 67.5 cm³/mol. The minimum Gasteiger partial charge on any atom is -0.330 e. The van der Waals surface area contributed by atoms with Gasteiger partial charge in [0.25, 0.3) is 0 Å². The molecule has 1 atom stereocenters. The second kappa shape index (κ2) is 5.61. The fourth-order valence-electron chi connectivity index (χ4n) is 1.79. The van der Waals surface area contributed by atoms with Gasteiger partial charge in [-0.05, 0) is 25.6 Å². The van der Waals surface area contributed by atoms with Crippen molar-refractivity contribution in [3.63, 3.8) is 0 Å². The minimum atomic E-state index is 0.366. The first kappa shape index (κ1) is 11.8. The molecule has 1 aliphatic rings. The first-order chi connectivity index (χ1) is 7.81. The lowest BCUT2D eigenvalue weighted by Crippen LogP contribution is -2.33. The number of nitrogens with zero attached hydrogens (tertiary/aromatic N) is 3. The van der Waals surface area contributed by atoms with Gasteiger partial charge in [0.05, 0.1) is 6.04 Å². The average Bonchev–Trinajstić information content (AvgIpc) is 2.31. The molecule has 1 aliphatic heterocycles. The van der Waals surface area contributed by atoms with Crippen molar-refractivity contribution in [2.75, 3.05) is 31.6 Å². The van der Waals surface area contributed by atoms with Gasteiger partial charge < -0.3 is 5.73 Å². The molecular weight excluding hydrogens is 220 g/mol. The van der Waals surface area contributed by atoms with Crippen molar-refractivity contribution in [2.24, 2.45) is 5.73 Å². The summed E-state index contributed by atoms with van der Waals surface area (Å²) in [6.07, 6.45) is 4.67. The van der Waals surface area contributed by atoms with Crippen LogP contribution < -0.4 is 5.73 Å². The van der Waals surface area contributed by atoms with Crippen LogP contribution in [0.5, 0.6) is 0 Å². The van der Waals surface area contributed by atoms with Gasteiger partial charge in [0.15, 0.2) is 0 Å². The summed E-state index contributed by atoms with van der Waals surface area (Å²) in [5.41, 5.74) is 6.62. The zero-order valence-corrected chi connectivity index (χ0v) is 10.4. The number of thioether (sulfide) groups is 1. The van der Waals surface area contributed by atoms with Crippen LogP contribution in [0.4, 0.5) is 0 Å². The van der Waals surface area contributed by atoms with Crippen molar-refractivity contribution in [3.8, 4) is 0 Å². The molecule has 0 aliphatic carbocycles. The molecule has 16 heavy (non-hydrogen) atoms. The lowest BCUT2D eigenvalue weighted by atomic mass is 10.2. The molecule has 1 unspecified atom stereocenters. The fraction of sp³-hybridized carbons (Fsp3) is 0.636. The topological polar surface area (TPSA) is 55.0 Å². The van der Waals surface area contributed by atoms with Gasteiger partial charge in [-0.3, -0.25) is 4.90 Å². The second-order valence-corrected chi connectivity index (χ2v) is 5.21. The molecule has 0 radical (unpaired) electrons. The summed E-state index contributed by atoms with van der Waals surface area (Å²) in [7, 11) is 2.14. The quantitative estimate of drug-likeness (QED) is 0.840. The van der Waals surface area contributed by atoms with Gasteiger partial charge in [-0.1, -0.05) is 0 Å². The summed E-state index contributed by atoms with van der Waals surface area (Å²) in [5, 5.41) is 0. The van der Waals surface area contributed by atoms with Gasteiger partial charge in [-0.15, -0.1) is 0 Å². The van der Waals surface area contributed by atoms with Crippen molar-refractivity contribution in [1.82, 2.24) is 14.9 Å². The Morgan fingerprint density at radius 2 is 2.25 bits per heavy atom. The molecule has 2 rings (SSSR count). The van der Waals surface area contributed by atoms with E-state index in [-0.39, 0.29) is 0 Å². The molecule has 1 aromatic heterocycles. The van der Waals surface area contributed by atoms with E-state index in [4.69, 9.17) is 5.73 Å². The van der Waals surface area contributed by atoms with E-state index in [0.717, 1.165) is 30.1 Å². The highest BCUT2D eigenvalue weighted by Crippen LogP contribution is 2.25. The second-order valence-electron chi connectivity index (χ2n) is 4.06. The minimum absolute atomic E-state index is 0.366. The molecule has 0 amide bonds. The molecule has 0 aromatic carbocycles. The van der Waals surface area contributed by atoms with E-state index in [2.05, 4.69) is 21.9 Å².